The van der Waals surface area contributed by atoms with E-state index in [1.165, 1.54) is 57.8 Å². The lowest BCUT2D eigenvalue weighted by molar-refractivity contribution is -0.327. The summed E-state index contributed by atoms with van der Waals surface area (Å²) in [6.45, 7) is 20.3. The van der Waals surface area contributed by atoms with Crippen molar-refractivity contribution in [3.63, 3.8) is 0 Å². The molecule has 0 radical (unpaired) electrons. The van der Waals surface area contributed by atoms with E-state index in [0.717, 1.165) is 117 Å². The van der Waals surface area contributed by atoms with Gasteiger partial charge in [-0.15, -0.1) is 0 Å². The zero-order valence-corrected chi connectivity index (χ0v) is 33.7. The second-order valence-corrected chi connectivity index (χ2v) is 19.0. The third kappa shape index (κ3) is 9.32. The average Bonchev–Trinajstić information content (AvgIpc) is 3.04. The van der Waals surface area contributed by atoms with Gasteiger partial charge in [0.15, 0.2) is 0 Å². The summed E-state index contributed by atoms with van der Waals surface area (Å²) in [6.07, 6.45) is 22.3. The van der Waals surface area contributed by atoms with Crippen LogP contribution in [0.15, 0.2) is 12.2 Å². The van der Waals surface area contributed by atoms with Gasteiger partial charge in [0.2, 0.25) is 0 Å². The highest BCUT2D eigenvalue weighted by molar-refractivity contribution is 5.87. The molecule has 0 N–H and O–H groups in total. The number of carbonyl (C=O) groups excluding carboxylic acids is 1. The normalized spacial score (nSPS) is 33.2. The van der Waals surface area contributed by atoms with Crippen molar-refractivity contribution in [1.29, 1.82) is 0 Å². The minimum Gasteiger partial charge on any atom is -0.455 e. The Hall–Kier alpha value is -1.03. The third-order valence-corrected chi connectivity index (χ3v) is 14.5. The quantitative estimate of drug-likeness (QED) is 0.0495. The van der Waals surface area contributed by atoms with Crippen LogP contribution in [0.25, 0.3) is 0 Å². The number of hydrogen-bond acceptors (Lipinski definition) is 8. The predicted molar refractivity (Wildman–Crippen MR) is 203 cm³/mol. The van der Waals surface area contributed by atoms with E-state index < -0.39 is 22.4 Å². The van der Waals surface area contributed by atoms with Gasteiger partial charge in [0.1, 0.15) is 5.60 Å². The van der Waals surface area contributed by atoms with Crippen LogP contribution in [-0.2, 0) is 38.0 Å². The Bertz CT molecular complexity index is 1040. The van der Waals surface area contributed by atoms with Crippen LogP contribution in [0.5, 0.6) is 0 Å². The second-order valence-electron chi connectivity index (χ2n) is 19.0. The fourth-order valence-corrected chi connectivity index (χ4v) is 11.1. The number of esters is 1. The lowest BCUT2D eigenvalue weighted by Crippen LogP contribution is -2.74. The van der Waals surface area contributed by atoms with E-state index in [2.05, 4.69) is 27.4 Å². The molecule has 3 aliphatic heterocycles. The molecule has 0 aromatic carbocycles. The van der Waals surface area contributed by atoms with Crippen LogP contribution in [0.4, 0.5) is 0 Å². The van der Waals surface area contributed by atoms with E-state index in [4.69, 9.17) is 33.2 Å². The molecule has 7 aliphatic rings. The van der Waals surface area contributed by atoms with Crippen molar-refractivity contribution >= 4 is 5.97 Å². The maximum atomic E-state index is 13.3. The van der Waals surface area contributed by atoms with Crippen LogP contribution in [0, 0.1) is 16.2 Å². The molecular formula is C44H74O8. The summed E-state index contributed by atoms with van der Waals surface area (Å²) in [6, 6.07) is 0. The molecule has 0 aromatic rings. The Kier molecular flexibility index (Phi) is 13.3. The maximum Gasteiger partial charge on any atom is 0.333 e. The molecule has 4 aliphatic carbocycles. The molecule has 298 valence electrons. The van der Waals surface area contributed by atoms with Gasteiger partial charge in [-0.3, -0.25) is 0 Å². The van der Waals surface area contributed by atoms with Crippen molar-refractivity contribution < 1.29 is 38.0 Å². The minimum atomic E-state index is -0.669. The van der Waals surface area contributed by atoms with E-state index in [9.17, 15) is 4.79 Å². The van der Waals surface area contributed by atoms with Crippen LogP contribution < -0.4 is 0 Å². The van der Waals surface area contributed by atoms with Gasteiger partial charge in [0.25, 0.3) is 0 Å². The molecule has 8 heteroatoms. The molecule has 7 fully saturated rings. The summed E-state index contributed by atoms with van der Waals surface area (Å²) in [7, 11) is 0. The van der Waals surface area contributed by atoms with E-state index in [0.29, 0.717) is 41.1 Å². The zero-order valence-electron chi connectivity index (χ0n) is 33.7. The second kappa shape index (κ2) is 17.0. The highest BCUT2D eigenvalue weighted by Gasteiger charge is 2.72. The Morgan fingerprint density at radius 2 is 0.808 bits per heavy atom. The van der Waals surface area contributed by atoms with Crippen LogP contribution >= 0.6 is 0 Å². The predicted octanol–water partition coefficient (Wildman–Crippen LogP) is 9.45. The summed E-state index contributed by atoms with van der Waals surface area (Å²) in [4.78, 5) is 13.3. The average molecular weight is 731 g/mol. The van der Waals surface area contributed by atoms with Crippen LogP contribution in [0.1, 0.15) is 163 Å². The molecule has 0 atom stereocenters. The molecule has 3 saturated heterocycles. The van der Waals surface area contributed by atoms with Gasteiger partial charge in [-0.05, 0) is 64.7 Å². The van der Waals surface area contributed by atoms with Gasteiger partial charge in [0.05, 0.1) is 56.4 Å². The molecule has 7 rings (SSSR count). The molecule has 0 unspecified atom stereocenters. The smallest absolute Gasteiger partial charge is 0.333 e. The van der Waals surface area contributed by atoms with Crippen LogP contribution in [-0.4, -0.2) is 87.8 Å². The Balaban J connectivity index is 1.10. The van der Waals surface area contributed by atoms with Gasteiger partial charge in [-0.25, -0.2) is 4.79 Å². The fourth-order valence-electron chi connectivity index (χ4n) is 11.1. The number of rotatable bonds is 26. The first kappa shape index (κ1) is 40.6. The maximum absolute atomic E-state index is 13.3. The Morgan fingerprint density at radius 3 is 1.06 bits per heavy atom. The molecule has 0 spiro atoms. The zero-order chi connectivity index (χ0) is 36.8. The standard InChI is InChI=1S/C44H74O8/c1-6-38(30-46-31-38)18-12-9-15-21-49-41-24-42(50-22-16-10-13-19-39(7-2)32-47-33-39)26-43(25-41,29-44(27-41,28-42)52-37(45)36(4)5)51-23-17-11-14-20-40(8-3)34-48-35-40/h4,6-35H2,1-3,5H3. The summed E-state index contributed by atoms with van der Waals surface area (Å²) in [5.41, 5.74) is -0.289. The van der Waals surface area contributed by atoms with Gasteiger partial charge in [0, 0.05) is 80.2 Å². The largest absolute Gasteiger partial charge is 0.455 e. The molecule has 0 aromatic heterocycles. The van der Waals surface area contributed by atoms with Crippen molar-refractivity contribution in [3.8, 4) is 0 Å². The summed E-state index contributed by atoms with van der Waals surface area (Å²) in [5.74, 6) is -0.304. The number of hydrogen-bond donors (Lipinski definition) is 0. The lowest BCUT2D eigenvalue weighted by atomic mass is 9.48. The van der Waals surface area contributed by atoms with E-state index in [-0.39, 0.29) is 5.97 Å². The first-order valence-corrected chi connectivity index (χ1v) is 21.5. The van der Waals surface area contributed by atoms with Crippen molar-refractivity contribution in [2.45, 2.75) is 185 Å². The molecular weight excluding hydrogens is 656 g/mol. The Morgan fingerprint density at radius 1 is 0.500 bits per heavy atom. The number of unbranched alkanes of at least 4 members (excludes halogenated alkanes) is 6. The van der Waals surface area contributed by atoms with Crippen molar-refractivity contribution in [2.24, 2.45) is 16.2 Å². The summed E-state index contributed by atoms with van der Waals surface area (Å²) < 4.78 is 44.4. The highest BCUT2D eigenvalue weighted by atomic mass is 16.6. The van der Waals surface area contributed by atoms with Crippen molar-refractivity contribution in [3.05, 3.63) is 12.2 Å². The van der Waals surface area contributed by atoms with Gasteiger partial charge >= 0.3 is 5.97 Å². The lowest BCUT2D eigenvalue weighted by Gasteiger charge is -2.68. The van der Waals surface area contributed by atoms with E-state index in [1.54, 1.807) is 6.92 Å². The fraction of sp³-hybridized carbons (Fsp3) is 0.932. The van der Waals surface area contributed by atoms with Gasteiger partial charge in [-0.2, -0.15) is 0 Å². The molecule has 52 heavy (non-hydrogen) atoms. The molecule has 0 amide bonds. The molecule has 3 heterocycles. The third-order valence-electron chi connectivity index (χ3n) is 14.5. The monoisotopic (exact) mass is 731 g/mol. The van der Waals surface area contributed by atoms with Crippen molar-refractivity contribution in [2.75, 3.05) is 59.5 Å². The molecule has 8 nitrogen and oxygen atoms in total. The number of carbonyl (C=O) groups is 1. The SMILES string of the molecule is C=C(C)C(=O)OC12CC3(OCCCCCC4(CC)COC4)CC(OCCCCCC4(CC)COC4)(CC(OCCCCCC4(CC)COC4)(C3)C1)C2. The summed E-state index contributed by atoms with van der Waals surface area (Å²) in [5, 5.41) is 0. The van der Waals surface area contributed by atoms with Crippen molar-refractivity contribution in [1.82, 2.24) is 0 Å². The topological polar surface area (TPSA) is 81.7 Å². The summed E-state index contributed by atoms with van der Waals surface area (Å²) >= 11 is 0. The van der Waals surface area contributed by atoms with E-state index >= 15 is 0 Å². The first-order valence-electron chi connectivity index (χ1n) is 21.5. The van der Waals surface area contributed by atoms with E-state index in [1.807, 2.05) is 0 Å². The van der Waals surface area contributed by atoms with Crippen LogP contribution in [0.2, 0.25) is 0 Å². The van der Waals surface area contributed by atoms with Crippen LogP contribution in [0.3, 0.4) is 0 Å². The first-order chi connectivity index (χ1) is 25.0. The van der Waals surface area contributed by atoms with Gasteiger partial charge < -0.3 is 33.2 Å². The molecule has 4 bridgehead atoms. The highest BCUT2D eigenvalue weighted by Crippen LogP contribution is 2.65. The minimum absolute atomic E-state index is 0.304. The van der Waals surface area contributed by atoms with Gasteiger partial charge in [-0.1, -0.05) is 65.9 Å². The number of ether oxygens (including phenoxy) is 7. The molecule has 4 saturated carbocycles. The Labute approximate surface area is 316 Å².